The average molecular weight is 271 g/mol. The maximum atomic E-state index is 9.05. The SMILES string of the molecule is NC1=C(CN(CCO)CCO)CC(N)(CCO)C=C1. The first-order valence-electron chi connectivity index (χ1n) is 6.55. The fraction of sp³-hybridized carbons (Fsp3) is 0.692. The minimum atomic E-state index is -0.558. The van der Waals surface area contributed by atoms with Crippen LogP contribution in [0.3, 0.4) is 0 Å². The summed E-state index contributed by atoms with van der Waals surface area (Å²) in [6.07, 6.45) is 4.69. The van der Waals surface area contributed by atoms with Crippen molar-refractivity contribution in [3.63, 3.8) is 0 Å². The number of hydrogen-bond donors (Lipinski definition) is 5. The van der Waals surface area contributed by atoms with Gasteiger partial charge in [-0.15, -0.1) is 0 Å². The van der Waals surface area contributed by atoms with Crippen molar-refractivity contribution >= 4 is 0 Å². The first-order valence-corrected chi connectivity index (χ1v) is 6.55. The van der Waals surface area contributed by atoms with E-state index in [1.807, 2.05) is 11.0 Å². The minimum Gasteiger partial charge on any atom is -0.399 e. The Morgan fingerprint density at radius 2 is 1.79 bits per heavy atom. The van der Waals surface area contributed by atoms with Crippen LogP contribution in [0.5, 0.6) is 0 Å². The smallest absolute Gasteiger partial charge is 0.0558 e. The number of hydrogen-bond acceptors (Lipinski definition) is 6. The van der Waals surface area contributed by atoms with Crippen molar-refractivity contribution in [1.82, 2.24) is 4.90 Å². The maximum absolute atomic E-state index is 9.05. The highest BCUT2D eigenvalue weighted by molar-refractivity contribution is 5.34. The van der Waals surface area contributed by atoms with Crippen molar-refractivity contribution in [2.75, 3.05) is 39.5 Å². The third-order valence-corrected chi connectivity index (χ3v) is 3.37. The lowest BCUT2D eigenvalue weighted by molar-refractivity contribution is 0.167. The van der Waals surface area contributed by atoms with Crippen LogP contribution in [0.4, 0.5) is 0 Å². The molecule has 1 aliphatic carbocycles. The van der Waals surface area contributed by atoms with Crippen molar-refractivity contribution in [2.45, 2.75) is 18.4 Å². The Balaban J connectivity index is 2.71. The van der Waals surface area contributed by atoms with E-state index in [-0.39, 0.29) is 19.8 Å². The van der Waals surface area contributed by atoms with Gasteiger partial charge in [0.05, 0.1) is 13.2 Å². The number of aliphatic hydroxyl groups is 3. The normalized spacial score (nSPS) is 23.4. The van der Waals surface area contributed by atoms with Gasteiger partial charge in [-0.3, -0.25) is 4.90 Å². The quantitative estimate of drug-likeness (QED) is 0.368. The molecule has 1 aliphatic rings. The van der Waals surface area contributed by atoms with Gasteiger partial charge in [-0.2, -0.15) is 0 Å². The first kappa shape index (κ1) is 16.1. The van der Waals surface area contributed by atoms with E-state index in [1.54, 1.807) is 6.08 Å². The molecule has 110 valence electrons. The van der Waals surface area contributed by atoms with E-state index in [0.29, 0.717) is 38.2 Å². The monoisotopic (exact) mass is 271 g/mol. The molecule has 1 atom stereocenters. The van der Waals surface area contributed by atoms with Crippen LogP contribution in [0.2, 0.25) is 0 Å². The Kier molecular flexibility index (Phi) is 6.47. The van der Waals surface area contributed by atoms with Crippen LogP contribution in [0.25, 0.3) is 0 Å². The van der Waals surface area contributed by atoms with Gasteiger partial charge in [0.1, 0.15) is 0 Å². The van der Waals surface area contributed by atoms with E-state index in [1.165, 1.54) is 0 Å². The molecule has 19 heavy (non-hydrogen) atoms. The van der Waals surface area contributed by atoms with Crippen LogP contribution in [-0.2, 0) is 0 Å². The fourth-order valence-corrected chi connectivity index (χ4v) is 2.28. The van der Waals surface area contributed by atoms with E-state index >= 15 is 0 Å². The van der Waals surface area contributed by atoms with Gasteiger partial charge < -0.3 is 26.8 Å². The van der Waals surface area contributed by atoms with Gasteiger partial charge in [0.25, 0.3) is 0 Å². The zero-order valence-electron chi connectivity index (χ0n) is 11.3. The molecule has 0 amide bonds. The molecule has 0 heterocycles. The molecule has 0 radical (unpaired) electrons. The Labute approximate surface area is 114 Å². The molecule has 1 unspecified atom stereocenters. The number of rotatable bonds is 8. The summed E-state index contributed by atoms with van der Waals surface area (Å²) in [6, 6.07) is 0. The second kappa shape index (κ2) is 7.62. The van der Waals surface area contributed by atoms with Gasteiger partial charge in [-0.05, 0) is 24.5 Å². The van der Waals surface area contributed by atoms with Crippen molar-refractivity contribution < 1.29 is 15.3 Å². The van der Waals surface area contributed by atoms with Crippen LogP contribution >= 0.6 is 0 Å². The van der Waals surface area contributed by atoms with Crippen molar-refractivity contribution in [1.29, 1.82) is 0 Å². The number of aliphatic hydroxyl groups excluding tert-OH is 3. The third-order valence-electron chi connectivity index (χ3n) is 3.37. The standard InChI is InChI=1S/C13H25N3O3/c14-12-1-2-13(15,3-6-17)9-11(12)10-16(4-7-18)5-8-19/h1-2,17-19H,3-10,14-15H2. The summed E-state index contributed by atoms with van der Waals surface area (Å²) in [6.45, 7) is 1.64. The molecule has 0 saturated heterocycles. The molecule has 0 saturated carbocycles. The lowest BCUT2D eigenvalue weighted by atomic mass is 9.83. The van der Waals surface area contributed by atoms with Crippen molar-refractivity contribution in [3.8, 4) is 0 Å². The van der Waals surface area contributed by atoms with Gasteiger partial charge in [0.2, 0.25) is 0 Å². The number of allylic oxidation sites excluding steroid dienone is 1. The third kappa shape index (κ3) is 4.93. The van der Waals surface area contributed by atoms with Gasteiger partial charge in [0, 0.05) is 37.5 Å². The maximum Gasteiger partial charge on any atom is 0.0558 e. The zero-order chi connectivity index (χ0) is 14.3. The molecule has 0 fully saturated rings. The van der Waals surface area contributed by atoms with Crippen LogP contribution in [-0.4, -0.2) is 65.2 Å². The Hall–Kier alpha value is -0.920. The molecule has 1 rings (SSSR count). The lowest BCUT2D eigenvalue weighted by Gasteiger charge is -2.32. The molecule has 6 heteroatoms. The summed E-state index contributed by atoms with van der Waals surface area (Å²) in [5, 5.41) is 27.1. The summed E-state index contributed by atoms with van der Waals surface area (Å²) >= 11 is 0. The van der Waals surface area contributed by atoms with Gasteiger partial charge >= 0.3 is 0 Å². The van der Waals surface area contributed by atoms with E-state index < -0.39 is 5.54 Å². The van der Waals surface area contributed by atoms with Gasteiger partial charge in [-0.25, -0.2) is 0 Å². The molecule has 6 nitrogen and oxygen atoms in total. The highest BCUT2D eigenvalue weighted by Crippen LogP contribution is 2.26. The van der Waals surface area contributed by atoms with Crippen LogP contribution in [0.1, 0.15) is 12.8 Å². The largest absolute Gasteiger partial charge is 0.399 e. The van der Waals surface area contributed by atoms with Crippen LogP contribution in [0, 0.1) is 0 Å². The predicted octanol–water partition coefficient (Wildman–Crippen LogP) is -1.47. The molecule has 7 N–H and O–H groups in total. The summed E-state index contributed by atoms with van der Waals surface area (Å²) in [4.78, 5) is 1.93. The van der Waals surface area contributed by atoms with E-state index in [9.17, 15) is 0 Å². The Morgan fingerprint density at radius 3 is 2.32 bits per heavy atom. The topological polar surface area (TPSA) is 116 Å². The van der Waals surface area contributed by atoms with Crippen LogP contribution < -0.4 is 11.5 Å². The second-order valence-corrected chi connectivity index (χ2v) is 5.00. The Morgan fingerprint density at radius 1 is 1.16 bits per heavy atom. The average Bonchev–Trinajstić information content (AvgIpc) is 2.35. The fourth-order valence-electron chi connectivity index (χ4n) is 2.28. The number of nitrogens with two attached hydrogens (primary N) is 2. The molecular formula is C13H25N3O3. The van der Waals surface area contributed by atoms with Crippen LogP contribution in [0.15, 0.2) is 23.4 Å². The van der Waals surface area contributed by atoms with E-state index in [2.05, 4.69) is 0 Å². The highest BCUT2D eigenvalue weighted by Gasteiger charge is 2.27. The van der Waals surface area contributed by atoms with Gasteiger partial charge in [0.15, 0.2) is 0 Å². The summed E-state index contributed by atoms with van der Waals surface area (Å²) in [5.41, 5.74) is 13.3. The summed E-state index contributed by atoms with van der Waals surface area (Å²) in [5.74, 6) is 0. The first-order chi connectivity index (χ1) is 9.04. The number of nitrogens with zero attached hydrogens (tertiary/aromatic N) is 1. The van der Waals surface area contributed by atoms with Gasteiger partial charge in [-0.1, -0.05) is 6.08 Å². The second-order valence-electron chi connectivity index (χ2n) is 5.00. The lowest BCUT2D eigenvalue weighted by Crippen LogP contribution is -2.43. The molecule has 0 aromatic heterocycles. The molecule has 0 aromatic carbocycles. The van der Waals surface area contributed by atoms with E-state index in [0.717, 1.165) is 5.57 Å². The molecule has 0 bridgehead atoms. The van der Waals surface area contributed by atoms with Crippen molar-refractivity contribution in [2.24, 2.45) is 11.5 Å². The predicted molar refractivity (Wildman–Crippen MR) is 74.2 cm³/mol. The molecule has 0 spiro atoms. The molecule has 0 aromatic rings. The molecular weight excluding hydrogens is 246 g/mol. The summed E-state index contributed by atoms with van der Waals surface area (Å²) < 4.78 is 0. The van der Waals surface area contributed by atoms with E-state index in [4.69, 9.17) is 26.8 Å². The highest BCUT2D eigenvalue weighted by atomic mass is 16.3. The minimum absolute atomic E-state index is 0.0328. The Bertz CT molecular complexity index is 338. The summed E-state index contributed by atoms with van der Waals surface area (Å²) in [7, 11) is 0. The molecule has 0 aliphatic heterocycles. The van der Waals surface area contributed by atoms with Crippen molar-refractivity contribution in [3.05, 3.63) is 23.4 Å². The zero-order valence-corrected chi connectivity index (χ0v) is 11.3.